The van der Waals surface area contributed by atoms with E-state index in [9.17, 15) is 4.79 Å². The molecule has 1 unspecified atom stereocenters. The largest absolute Gasteiger partial charge is 0.350 e. The van der Waals surface area contributed by atoms with Crippen LogP contribution in [0.3, 0.4) is 0 Å². The maximum absolute atomic E-state index is 11.8. The summed E-state index contributed by atoms with van der Waals surface area (Å²) < 4.78 is 0. The number of hydrogen-bond donors (Lipinski definition) is 2. The highest BCUT2D eigenvalue weighted by Gasteiger charge is 2.14. The first-order valence-electron chi connectivity index (χ1n) is 7.14. The van der Waals surface area contributed by atoms with Gasteiger partial charge in [-0.25, -0.2) is 0 Å². The first-order valence-corrected chi connectivity index (χ1v) is 7.14. The van der Waals surface area contributed by atoms with Gasteiger partial charge in [-0.2, -0.15) is 0 Å². The van der Waals surface area contributed by atoms with Crippen LogP contribution in [-0.4, -0.2) is 24.0 Å². The summed E-state index contributed by atoms with van der Waals surface area (Å²) in [7, 11) is 0. The Morgan fingerprint density at radius 3 is 3.16 bits per heavy atom. The van der Waals surface area contributed by atoms with Crippen LogP contribution in [0.15, 0.2) is 18.2 Å². The van der Waals surface area contributed by atoms with Crippen molar-refractivity contribution < 1.29 is 4.79 Å². The molecule has 0 spiro atoms. The van der Waals surface area contributed by atoms with Gasteiger partial charge < -0.3 is 10.6 Å². The molecule has 0 radical (unpaired) electrons. The van der Waals surface area contributed by atoms with E-state index in [-0.39, 0.29) is 5.91 Å². The molecule has 19 heavy (non-hydrogen) atoms. The quantitative estimate of drug-likeness (QED) is 0.849. The van der Waals surface area contributed by atoms with Crippen LogP contribution < -0.4 is 10.6 Å². The van der Waals surface area contributed by atoms with Gasteiger partial charge in [-0.05, 0) is 57.3 Å². The van der Waals surface area contributed by atoms with Crippen LogP contribution in [0.4, 0.5) is 0 Å². The first-order chi connectivity index (χ1) is 9.24. The minimum absolute atomic E-state index is 0.133. The molecule has 1 aromatic rings. The third kappa shape index (κ3) is 4.99. The van der Waals surface area contributed by atoms with Gasteiger partial charge in [0.15, 0.2) is 0 Å². The Balaban J connectivity index is 1.66. The number of nitrogens with zero attached hydrogens (tertiary/aromatic N) is 1. The predicted molar refractivity (Wildman–Crippen MR) is 75.6 cm³/mol. The average molecular weight is 261 g/mol. The van der Waals surface area contributed by atoms with Gasteiger partial charge in [0.2, 0.25) is 5.91 Å². The molecule has 1 aliphatic rings. The highest BCUT2D eigenvalue weighted by molar-refractivity contribution is 5.75. The lowest BCUT2D eigenvalue weighted by Crippen LogP contribution is -2.31. The molecule has 1 amide bonds. The van der Waals surface area contributed by atoms with Crippen molar-refractivity contribution in [2.75, 3.05) is 13.1 Å². The number of pyridine rings is 1. The van der Waals surface area contributed by atoms with Crippen LogP contribution in [0.1, 0.15) is 37.1 Å². The molecule has 2 rings (SSSR count). The highest BCUT2D eigenvalue weighted by Crippen LogP contribution is 2.15. The van der Waals surface area contributed by atoms with Crippen LogP contribution in [0.2, 0.25) is 0 Å². The smallest absolute Gasteiger partial charge is 0.220 e. The lowest BCUT2D eigenvalue weighted by Gasteiger charge is -2.22. The second-order valence-electron chi connectivity index (χ2n) is 5.30. The molecule has 2 N–H and O–H groups in total. The van der Waals surface area contributed by atoms with Crippen molar-refractivity contribution >= 4 is 5.91 Å². The number of carbonyl (C=O) groups is 1. The van der Waals surface area contributed by atoms with Crippen molar-refractivity contribution in [3.63, 3.8) is 0 Å². The van der Waals surface area contributed by atoms with Crippen LogP contribution in [-0.2, 0) is 11.3 Å². The Morgan fingerprint density at radius 2 is 2.42 bits per heavy atom. The van der Waals surface area contributed by atoms with E-state index in [0.717, 1.165) is 30.9 Å². The summed E-state index contributed by atoms with van der Waals surface area (Å²) in [6.45, 7) is 4.68. The summed E-state index contributed by atoms with van der Waals surface area (Å²) in [6.07, 6.45) is 4.09. The highest BCUT2D eigenvalue weighted by atomic mass is 16.1. The fourth-order valence-corrected chi connectivity index (χ4v) is 2.48. The summed E-state index contributed by atoms with van der Waals surface area (Å²) >= 11 is 0. The van der Waals surface area contributed by atoms with Gasteiger partial charge in [-0.3, -0.25) is 9.78 Å². The van der Waals surface area contributed by atoms with Crippen LogP contribution in [0, 0.1) is 12.8 Å². The Hall–Kier alpha value is -1.42. The van der Waals surface area contributed by atoms with Crippen molar-refractivity contribution in [3.05, 3.63) is 29.6 Å². The van der Waals surface area contributed by atoms with E-state index < -0.39 is 0 Å². The third-order valence-electron chi connectivity index (χ3n) is 3.59. The number of hydrogen-bond acceptors (Lipinski definition) is 3. The fraction of sp³-hybridized carbons (Fsp3) is 0.600. The van der Waals surface area contributed by atoms with Gasteiger partial charge in [0.25, 0.3) is 0 Å². The molecule has 4 nitrogen and oxygen atoms in total. The van der Waals surface area contributed by atoms with Gasteiger partial charge in [0.05, 0.1) is 12.2 Å². The van der Waals surface area contributed by atoms with Crippen LogP contribution in [0.5, 0.6) is 0 Å². The second-order valence-corrected chi connectivity index (χ2v) is 5.30. The Labute approximate surface area is 115 Å². The standard InChI is InChI=1S/C15H23N3O/c1-12-4-2-6-14(18-12)11-17-15(19)8-7-13-5-3-9-16-10-13/h2,4,6,13,16H,3,5,7-11H2,1H3,(H,17,19). The van der Waals surface area contributed by atoms with E-state index >= 15 is 0 Å². The van der Waals surface area contributed by atoms with E-state index in [1.54, 1.807) is 0 Å². The fourth-order valence-electron chi connectivity index (χ4n) is 2.48. The minimum atomic E-state index is 0.133. The molecule has 0 saturated carbocycles. The molecule has 4 heteroatoms. The molecule has 1 fully saturated rings. The summed E-state index contributed by atoms with van der Waals surface area (Å²) in [6, 6.07) is 5.87. The van der Waals surface area contributed by atoms with Crippen molar-refractivity contribution in [1.82, 2.24) is 15.6 Å². The Bertz CT molecular complexity index is 414. The summed E-state index contributed by atoms with van der Waals surface area (Å²) in [4.78, 5) is 16.2. The van der Waals surface area contributed by atoms with Gasteiger partial charge in [0.1, 0.15) is 0 Å². The molecule has 0 aromatic carbocycles. The van der Waals surface area contributed by atoms with E-state index in [1.165, 1.54) is 12.8 Å². The van der Waals surface area contributed by atoms with Crippen LogP contribution >= 0.6 is 0 Å². The molecule has 0 bridgehead atoms. The van der Waals surface area contributed by atoms with Crippen molar-refractivity contribution in [3.8, 4) is 0 Å². The SMILES string of the molecule is Cc1cccc(CNC(=O)CCC2CCCNC2)n1. The number of amides is 1. The summed E-state index contributed by atoms with van der Waals surface area (Å²) in [5, 5.41) is 6.32. The predicted octanol–water partition coefficient (Wildman–Crippen LogP) is 1.79. The van der Waals surface area contributed by atoms with E-state index in [0.29, 0.717) is 18.9 Å². The van der Waals surface area contributed by atoms with Gasteiger partial charge in [-0.15, -0.1) is 0 Å². The number of aromatic nitrogens is 1. The number of aryl methyl sites for hydroxylation is 1. The van der Waals surface area contributed by atoms with Crippen LogP contribution in [0.25, 0.3) is 0 Å². The van der Waals surface area contributed by atoms with Gasteiger partial charge in [-0.1, -0.05) is 6.07 Å². The van der Waals surface area contributed by atoms with Gasteiger partial charge in [0, 0.05) is 12.1 Å². The van der Waals surface area contributed by atoms with Crippen molar-refractivity contribution in [2.24, 2.45) is 5.92 Å². The zero-order chi connectivity index (χ0) is 13.5. The van der Waals surface area contributed by atoms with Gasteiger partial charge >= 0.3 is 0 Å². The summed E-state index contributed by atoms with van der Waals surface area (Å²) in [5.74, 6) is 0.797. The molecule has 1 aliphatic heterocycles. The molecule has 2 heterocycles. The number of nitrogens with one attached hydrogen (secondary N) is 2. The molecule has 1 atom stereocenters. The molecule has 104 valence electrons. The normalized spacial score (nSPS) is 19.1. The van der Waals surface area contributed by atoms with E-state index in [1.807, 2.05) is 25.1 Å². The number of carbonyl (C=O) groups excluding carboxylic acids is 1. The minimum Gasteiger partial charge on any atom is -0.350 e. The molecule has 1 aromatic heterocycles. The van der Waals surface area contributed by atoms with E-state index in [4.69, 9.17) is 0 Å². The Kier molecular flexibility index (Phi) is 5.33. The van der Waals surface area contributed by atoms with E-state index in [2.05, 4.69) is 15.6 Å². The lowest BCUT2D eigenvalue weighted by atomic mass is 9.94. The summed E-state index contributed by atoms with van der Waals surface area (Å²) in [5.41, 5.74) is 1.91. The average Bonchev–Trinajstić information content (AvgIpc) is 2.44. The number of rotatable bonds is 5. The lowest BCUT2D eigenvalue weighted by molar-refractivity contribution is -0.121. The zero-order valence-corrected chi connectivity index (χ0v) is 11.6. The maximum Gasteiger partial charge on any atom is 0.220 e. The molecular formula is C15H23N3O. The maximum atomic E-state index is 11.8. The third-order valence-corrected chi connectivity index (χ3v) is 3.59. The molecule has 1 saturated heterocycles. The monoisotopic (exact) mass is 261 g/mol. The molecular weight excluding hydrogens is 238 g/mol. The number of piperidine rings is 1. The first kappa shape index (κ1) is 14.0. The Morgan fingerprint density at radius 1 is 1.53 bits per heavy atom. The van der Waals surface area contributed by atoms with Crippen molar-refractivity contribution in [1.29, 1.82) is 0 Å². The molecule has 0 aliphatic carbocycles. The second kappa shape index (κ2) is 7.24. The van der Waals surface area contributed by atoms with Crippen molar-refractivity contribution in [2.45, 2.75) is 39.2 Å². The zero-order valence-electron chi connectivity index (χ0n) is 11.6. The topological polar surface area (TPSA) is 54.0 Å².